The number of aromatic nitrogens is 2. The molecule has 6 nitrogen and oxygen atoms in total. The van der Waals surface area contributed by atoms with E-state index in [-0.39, 0.29) is 6.04 Å². The molecule has 0 aliphatic carbocycles. The first kappa shape index (κ1) is 21.2. The fourth-order valence-electron chi connectivity index (χ4n) is 4.05. The zero-order valence-corrected chi connectivity index (χ0v) is 19.2. The van der Waals surface area contributed by atoms with Crippen LogP contribution in [0.1, 0.15) is 27.9 Å². The summed E-state index contributed by atoms with van der Waals surface area (Å²) in [5, 5.41) is 4.98. The minimum absolute atomic E-state index is 0.192. The molecule has 0 amide bonds. The number of aryl methyl sites for hydroxylation is 2. The second-order valence-corrected chi connectivity index (χ2v) is 9.71. The predicted molar refractivity (Wildman–Crippen MR) is 123 cm³/mol. The number of likely N-dealkylation sites (N-methyl/N-ethyl adjacent to an activating group) is 1. The summed E-state index contributed by atoms with van der Waals surface area (Å²) in [5.41, 5.74) is 2.57. The molecule has 7 heteroatoms. The molecule has 1 aromatic carbocycles. The van der Waals surface area contributed by atoms with Crippen molar-refractivity contribution in [1.29, 1.82) is 0 Å². The second-order valence-electron chi connectivity index (χ2n) is 8.51. The van der Waals surface area contributed by atoms with Gasteiger partial charge in [0.25, 0.3) is 0 Å². The highest BCUT2D eigenvalue weighted by Crippen LogP contribution is 2.34. The normalized spacial score (nSPS) is 16.3. The maximum absolute atomic E-state index is 5.51. The van der Waals surface area contributed by atoms with Crippen molar-refractivity contribution in [3.8, 4) is 0 Å². The van der Waals surface area contributed by atoms with Crippen LogP contribution in [0, 0.1) is 13.8 Å². The largest absolute Gasteiger partial charge is 0.370 e. The van der Waals surface area contributed by atoms with E-state index in [0.717, 1.165) is 55.9 Å². The summed E-state index contributed by atoms with van der Waals surface area (Å²) in [5.74, 6) is 1.90. The Hall–Kier alpha value is -2.06. The highest BCUT2D eigenvalue weighted by atomic mass is 32.1. The Bertz CT molecular complexity index is 982. The van der Waals surface area contributed by atoms with Crippen molar-refractivity contribution in [2.45, 2.75) is 26.4 Å². The van der Waals surface area contributed by atoms with Crippen molar-refractivity contribution in [2.75, 3.05) is 52.3 Å². The lowest BCUT2D eigenvalue weighted by molar-refractivity contribution is -0.922. The third-order valence-corrected chi connectivity index (χ3v) is 6.91. The topological polar surface area (TPSA) is 55.9 Å². The summed E-state index contributed by atoms with van der Waals surface area (Å²) in [6.45, 7) is 9.86. The molecule has 0 spiro atoms. The van der Waals surface area contributed by atoms with E-state index >= 15 is 0 Å². The first-order valence-corrected chi connectivity index (χ1v) is 11.6. The monoisotopic (exact) mass is 427 g/mol. The van der Waals surface area contributed by atoms with E-state index in [2.05, 4.69) is 63.6 Å². The van der Waals surface area contributed by atoms with Crippen LogP contribution in [0.15, 0.2) is 30.3 Å². The van der Waals surface area contributed by atoms with Gasteiger partial charge in [-0.2, -0.15) is 0 Å². The Kier molecular flexibility index (Phi) is 6.63. The van der Waals surface area contributed by atoms with Crippen LogP contribution in [0.3, 0.4) is 0 Å². The van der Waals surface area contributed by atoms with Crippen LogP contribution in [0.25, 0.3) is 10.2 Å². The van der Waals surface area contributed by atoms with E-state index in [4.69, 9.17) is 14.7 Å². The third kappa shape index (κ3) is 4.81. The molecule has 2 aromatic heterocycles. The molecule has 1 aliphatic rings. The van der Waals surface area contributed by atoms with E-state index in [9.17, 15) is 0 Å². The minimum atomic E-state index is 0.192. The molecule has 1 atom stereocenters. The van der Waals surface area contributed by atoms with Gasteiger partial charge >= 0.3 is 0 Å². The van der Waals surface area contributed by atoms with Crippen LogP contribution in [-0.4, -0.2) is 56.9 Å². The molecule has 160 valence electrons. The fraction of sp³-hybridized carbons (Fsp3) is 0.478. The first-order valence-electron chi connectivity index (χ1n) is 10.8. The van der Waals surface area contributed by atoms with Gasteiger partial charge < -0.3 is 19.9 Å². The van der Waals surface area contributed by atoms with Gasteiger partial charge in [-0.1, -0.05) is 30.3 Å². The summed E-state index contributed by atoms with van der Waals surface area (Å²) in [7, 11) is 4.39. The van der Waals surface area contributed by atoms with Gasteiger partial charge in [0, 0.05) is 4.88 Å². The van der Waals surface area contributed by atoms with Crippen molar-refractivity contribution >= 4 is 27.4 Å². The Balaban J connectivity index is 1.71. The van der Waals surface area contributed by atoms with E-state index in [1.54, 1.807) is 11.3 Å². The number of morpholine rings is 1. The SMILES string of the molecule is Cc1sc2nc(C[NH+]3CCOCC3)nc(N[C@@H](C[NH+](C)C)c3ccccc3)c2c1C. The Morgan fingerprint density at radius 1 is 1.13 bits per heavy atom. The molecule has 3 N–H and O–H groups in total. The maximum Gasteiger partial charge on any atom is 0.187 e. The predicted octanol–water partition coefficient (Wildman–Crippen LogP) is 1.02. The molecule has 0 radical (unpaired) electrons. The van der Waals surface area contributed by atoms with Crippen LogP contribution in [0.5, 0.6) is 0 Å². The number of ether oxygens (including phenoxy) is 1. The Morgan fingerprint density at radius 2 is 1.87 bits per heavy atom. The molecule has 0 bridgehead atoms. The number of rotatable bonds is 7. The van der Waals surface area contributed by atoms with Crippen molar-refractivity contribution in [3.63, 3.8) is 0 Å². The number of thiophene rings is 1. The number of hydrogen-bond donors (Lipinski definition) is 3. The molecule has 3 aromatic rings. The zero-order chi connectivity index (χ0) is 21.1. The average molecular weight is 428 g/mol. The summed E-state index contributed by atoms with van der Waals surface area (Å²) in [4.78, 5) is 15.3. The molecule has 1 fully saturated rings. The third-order valence-electron chi connectivity index (χ3n) is 5.81. The lowest BCUT2D eigenvalue weighted by Crippen LogP contribution is -3.12. The van der Waals surface area contributed by atoms with Crippen LogP contribution < -0.4 is 15.1 Å². The van der Waals surface area contributed by atoms with Crippen LogP contribution in [-0.2, 0) is 11.3 Å². The van der Waals surface area contributed by atoms with Gasteiger partial charge in [-0.05, 0) is 25.0 Å². The molecular weight excluding hydrogens is 394 g/mol. The van der Waals surface area contributed by atoms with Crippen LogP contribution in [0.4, 0.5) is 5.82 Å². The molecule has 0 saturated carbocycles. The highest BCUT2D eigenvalue weighted by molar-refractivity contribution is 7.18. The van der Waals surface area contributed by atoms with E-state index in [1.165, 1.54) is 31.2 Å². The van der Waals surface area contributed by atoms with E-state index in [1.807, 2.05) is 0 Å². The quantitative estimate of drug-likeness (QED) is 0.527. The van der Waals surface area contributed by atoms with Crippen molar-refractivity contribution in [1.82, 2.24) is 9.97 Å². The van der Waals surface area contributed by atoms with Gasteiger partial charge in [0.05, 0.1) is 32.7 Å². The summed E-state index contributed by atoms with van der Waals surface area (Å²) in [6, 6.07) is 10.9. The second kappa shape index (κ2) is 9.39. The van der Waals surface area contributed by atoms with Gasteiger partial charge in [-0.15, -0.1) is 11.3 Å². The smallest absolute Gasteiger partial charge is 0.187 e. The minimum Gasteiger partial charge on any atom is -0.370 e. The standard InChI is InChI=1S/C23H31N5OS/c1-16-17(2)30-23-21(16)22(25-20(26-23)15-28-10-12-29-13-11-28)24-19(14-27(3)4)18-8-6-5-7-9-18/h5-9,19H,10-15H2,1-4H3,(H,24,25,26)/p+2/t19-/m0/s1. The number of nitrogens with zero attached hydrogens (tertiary/aromatic N) is 2. The molecule has 1 aliphatic heterocycles. The molecule has 0 unspecified atom stereocenters. The summed E-state index contributed by atoms with van der Waals surface area (Å²) >= 11 is 1.78. The van der Waals surface area contributed by atoms with Gasteiger partial charge in [-0.25, -0.2) is 9.97 Å². The maximum atomic E-state index is 5.51. The zero-order valence-electron chi connectivity index (χ0n) is 18.4. The van der Waals surface area contributed by atoms with Crippen LogP contribution in [0.2, 0.25) is 0 Å². The van der Waals surface area contributed by atoms with E-state index < -0.39 is 0 Å². The van der Waals surface area contributed by atoms with Crippen LogP contribution >= 0.6 is 11.3 Å². The number of anilines is 1. The average Bonchev–Trinajstić information content (AvgIpc) is 3.02. The first-order chi connectivity index (χ1) is 14.5. The number of benzene rings is 1. The lowest BCUT2D eigenvalue weighted by atomic mass is 10.1. The van der Waals surface area contributed by atoms with Gasteiger partial charge in [0.2, 0.25) is 0 Å². The molecule has 1 saturated heterocycles. The molecule has 30 heavy (non-hydrogen) atoms. The van der Waals surface area contributed by atoms with Gasteiger partial charge in [-0.3, -0.25) is 0 Å². The molecule has 3 heterocycles. The molecule has 4 rings (SSSR count). The number of nitrogens with one attached hydrogen (secondary N) is 3. The molecular formula is C23H33N5OS+2. The van der Waals surface area contributed by atoms with Crippen molar-refractivity contribution in [2.24, 2.45) is 0 Å². The Morgan fingerprint density at radius 3 is 2.57 bits per heavy atom. The number of hydrogen-bond acceptors (Lipinski definition) is 5. The summed E-state index contributed by atoms with van der Waals surface area (Å²) < 4.78 is 5.51. The fourth-order valence-corrected chi connectivity index (χ4v) is 5.10. The van der Waals surface area contributed by atoms with Gasteiger partial charge in [0.1, 0.15) is 42.9 Å². The van der Waals surface area contributed by atoms with Crippen molar-refractivity contribution < 1.29 is 14.5 Å². The van der Waals surface area contributed by atoms with Gasteiger partial charge in [0.15, 0.2) is 5.82 Å². The number of quaternary nitrogens is 2. The summed E-state index contributed by atoms with van der Waals surface area (Å²) in [6.07, 6.45) is 0. The van der Waals surface area contributed by atoms with Crippen molar-refractivity contribution in [3.05, 3.63) is 52.2 Å². The lowest BCUT2D eigenvalue weighted by Gasteiger charge is -2.24. The Labute approximate surface area is 182 Å². The highest BCUT2D eigenvalue weighted by Gasteiger charge is 2.22. The van der Waals surface area contributed by atoms with E-state index in [0.29, 0.717) is 0 Å². The number of fused-ring (bicyclic) bond motifs is 1.